The number of ether oxygens (including phenoxy) is 1. The summed E-state index contributed by atoms with van der Waals surface area (Å²) in [5.41, 5.74) is 1.48. The van der Waals surface area contributed by atoms with E-state index in [4.69, 9.17) is 4.74 Å². The second kappa shape index (κ2) is 6.41. The van der Waals surface area contributed by atoms with Gasteiger partial charge in [0.1, 0.15) is 0 Å². The Labute approximate surface area is 85.6 Å². The van der Waals surface area contributed by atoms with Crippen LogP contribution >= 0.6 is 0 Å². The minimum absolute atomic E-state index is 0.0639. The Bertz CT molecular complexity index is 239. The van der Waals surface area contributed by atoms with Crippen molar-refractivity contribution in [2.45, 2.75) is 39.0 Å². The van der Waals surface area contributed by atoms with Crippen LogP contribution in [0.1, 0.15) is 39.0 Å². The molecule has 2 heteroatoms. The van der Waals surface area contributed by atoms with Gasteiger partial charge < -0.3 is 4.74 Å². The van der Waals surface area contributed by atoms with Crippen LogP contribution in [-0.2, 0) is 9.53 Å². The van der Waals surface area contributed by atoms with Crippen molar-refractivity contribution in [2.24, 2.45) is 0 Å². The van der Waals surface area contributed by atoms with Gasteiger partial charge in [-0.15, -0.1) is 0 Å². The van der Waals surface area contributed by atoms with Gasteiger partial charge in [0, 0.05) is 6.42 Å². The normalized spacial score (nSPS) is 14.2. The van der Waals surface area contributed by atoms with Crippen LogP contribution in [0.4, 0.5) is 0 Å². The van der Waals surface area contributed by atoms with Crippen LogP contribution < -0.4 is 0 Å². The molecule has 0 aliphatic heterocycles. The van der Waals surface area contributed by atoms with Crippen molar-refractivity contribution < 1.29 is 9.53 Å². The van der Waals surface area contributed by atoms with Gasteiger partial charge in [0.25, 0.3) is 0 Å². The molecule has 0 radical (unpaired) electrons. The summed E-state index contributed by atoms with van der Waals surface area (Å²) < 4.78 is 4.85. The highest BCUT2D eigenvalue weighted by atomic mass is 16.5. The molecule has 2 nitrogen and oxygen atoms in total. The number of unbranched alkanes of at least 4 members (excludes halogenated alkanes) is 1. The van der Waals surface area contributed by atoms with Crippen molar-refractivity contribution in [2.75, 3.05) is 6.61 Å². The Morgan fingerprint density at radius 2 is 2.36 bits per heavy atom. The van der Waals surface area contributed by atoms with E-state index in [1.807, 2.05) is 6.92 Å². The van der Waals surface area contributed by atoms with Gasteiger partial charge in [0.2, 0.25) is 0 Å². The van der Waals surface area contributed by atoms with Crippen LogP contribution in [0.25, 0.3) is 0 Å². The third kappa shape index (κ3) is 4.26. The van der Waals surface area contributed by atoms with E-state index in [1.54, 1.807) is 0 Å². The molecule has 78 valence electrons. The first-order valence-corrected chi connectivity index (χ1v) is 5.33. The highest BCUT2D eigenvalue weighted by Crippen LogP contribution is 2.17. The summed E-state index contributed by atoms with van der Waals surface area (Å²) in [5.74, 6) is -0.0639. The zero-order valence-corrected chi connectivity index (χ0v) is 8.79. The van der Waals surface area contributed by atoms with Gasteiger partial charge in [-0.25, -0.2) is 0 Å². The van der Waals surface area contributed by atoms with Gasteiger partial charge in [-0.3, -0.25) is 4.79 Å². The first-order chi connectivity index (χ1) is 6.83. The van der Waals surface area contributed by atoms with E-state index < -0.39 is 0 Å². The predicted molar refractivity (Wildman–Crippen MR) is 56.9 cm³/mol. The third-order valence-electron chi connectivity index (χ3n) is 2.28. The van der Waals surface area contributed by atoms with Crippen molar-refractivity contribution in [3.8, 4) is 0 Å². The second-order valence-electron chi connectivity index (χ2n) is 3.47. The molecule has 0 amide bonds. The number of rotatable bonds is 6. The molecule has 0 heterocycles. The molecule has 0 aromatic rings. The molecular weight excluding hydrogens is 176 g/mol. The predicted octanol–water partition coefficient (Wildman–Crippen LogP) is 3.00. The van der Waals surface area contributed by atoms with Crippen LogP contribution in [0.2, 0.25) is 0 Å². The maximum absolute atomic E-state index is 11.0. The Morgan fingerprint density at radius 1 is 1.50 bits per heavy atom. The molecule has 0 spiro atoms. The monoisotopic (exact) mass is 194 g/mol. The summed E-state index contributed by atoms with van der Waals surface area (Å²) in [4.78, 5) is 11.0. The van der Waals surface area contributed by atoms with E-state index in [0.29, 0.717) is 13.0 Å². The Hall–Kier alpha value is -1.05. The second-order valence-corrected chi connectivity index (χ2v) is 3.47. The first kappa shape index (κ1) is 11.0. The molecule has 1 rings (SSSR count). The van der Waals surface area contributed by atoms with Crippen molar-refractivity contribution in [1.82, 2.24) is 0 Å². The summed E-state index contributed by atoms with van der Waals surface area (Å²) in [7, 11) is 0. The van der Waals surface area contributed by atoms with E-state index in [-0.39, 0.29) is 5.97 Å². The van der Waals surface area contributed by atoms with Crippen LogP contribution in [0, 0.1) is 0 Å². The quantitative estimate of drug-likeness (QED) is 0.480. The average molecular weight is 194 g/mol. The topological polar surface area (TPSA) is 26.3 Å². The molecule has 1 aliphatic carbocycles. The molecule has 14 heavy (non-hydrogen) atoms. The lowest BCUT2D eigenvalue weighted by Gasteiger charge is -2.02. The third-order valence-corrected chi connectivity index (χ3v) is 2.28. The average Bonchev–Trinajstić information content (AvgIpc) is 2.65. The lowest BCUT2D eigenvalue weighted by atomic mass is 10.1. The zero-order valence-electron chi connectivity index (χ0n) is 8.79. The largest absolute Gasteiger partial charge is 0.466 e. The smallest absolute Gasteiger partial charge is 0.305 e. The van der Waals surface area contributed by atoms with Gasteiger partial charge in [-0.2, -0.15) is 0 Å². The Morgan fingerprint density at radius 3 is 3.00 bits per heavy atom. The number of hydrogen-bond donors (Lipinski definition) is 0. The Kier molecular flexibility index (Phi) is 5.05. The van der Waals surface area contributed by atoms with E-state index in [9.17, 15) is 4.79 Å². The fraction of sp³-hybridized carbons (Fsp3) is 0.583. The van der Waals surface area contributed by atoms with Crippen LogP contribution in [0.5, 0.6) is 0 Å². The standard InChI is InChI=1S/C12H18O2/c1-2-14-12(13)10-6-5-9-11-7-3-4-8-11/h3-4,7H,2,5-6,8-10H2,1H3. The molecule has 0 aromatic carbocycles. The summed E-state index contributed by atoms with van der Waals surface area (Å²) in [6.45, 7) is 2.33. The lowest BCUT2D eigenvalue weighted by molar-refractivity contribution is -0.143. The fourth-order valence-electron chi connectivity index (χ4n) is 1.53. The van der Waals surface area contributed by atoms with Crippen LogP contribution in [0.15, 0.2) is 23.8 Å². The number of hydrogen-bond acceptors (Lipinski definition) is 2. The number of carbonyl (C=O) groups is 1. The summed E-state index contributed by atoms with van der Waals surface area (Å²) in [5, 5.41) is 0. The van der Waals surface area contributed by atoms with Gasteiger partial charge in [-0.1, -0.05) is 23.8 Å². The highest BCUT2D eigenvalue weighted by molar-refractivity contribution is 5.69. The zero-order chi connectivity index (χ0) is 10.2. The summed E-state index contributed by atoms with van der Waals surface area (Å²) in [6, 6.07) is 0. The van der Waals surface area contributed by atoms with Crippen molar-refractivity contribution in [3.05, 3.63) is 23.8 Å². The van der Waals surface area contributed by atoms with E-state index >= 15 is 0 Å². The summed E-state index contributed by atoms with van der Waals surface area (Å²) in [6.07, 6.45) is 11.2. The van der Waals surface area contributed by atoms with Gasteiger partial charge in [0.05, 0.1) is 6.61 Å². The fourth-order valence-corrected chi connectivity index (χ4v) is 1.53. The number of allylic oxidation sites excluding steroid dienone is 4. The molecule has 1 aliphatic rings. The number of carbonyl (C=O) groups excluding carboxylic acids is 1. The minimum atomic E-state index is -0.0639. The van der Waals surface area contributed by atoms with Crippen LogP contribution in [-0.4, -0.2) is 12.6 Å². The molecule has 0 atom stereocenters. The van der Waals surface area contributed by atoms with E-state index in [1.165, 1.54) is 5.57 Å². The molecule has 0 fully saturated rings. The summed E-state index contributed by atoms with van der Waals surface area (Å²) >= 11 is 0. The van der Waals surface area contributed by atoms with Gasteiger partial charge in [0.15, 0.2) is 0 Å². The van der Waals surface area contributed by atoms with Crippen molar-refractivity contribution >= 4 is 5.97 Å². The molecule has 0 unspecified atom stereocenters. The SMILES string of the molecule is CCOC(=O)CCCCC1=CC=CC1. The molecule has 0 saturated heterocycles. The highest BCUT2D eigenvalue weighted by Gasteiger charge is 2.02. The molecule has 0 N–H and O–H groups in total. The molecule has 0 saturated carbocycles. The minimum Gasteiger partial charge on any atom is -0.466 e. The Balaban J connectivity index is 1.96. The molecular formula is C12H18O2. The van der Waals surface area contributed by atoms with Gasteiger partial charge >= 0.3 is 5.97 Å². The first-order valence-electron chi connectivity index (χ1n) is 5.33. The lowest BCUT2D eigenvalue weighted by Crippen LogP contribution is -2.03. The maximum Gasteiger partial charge on any atom is 0.305 e. The maximum atomic E-state index is 11.0. The van der Waals surface area contributed by atoms with Crippen molar-refractivity contribution in [1.29, 1.82) is 0 Å². The van der Waals surface area contributed by atoms with Crippen molar-refractivity contribution in [3.63, 3.8) is 0 Å². The molecule has 0 bridgehead atoms. The number of esters is 1. The van der Waals surface area contributed by atoms with E-state index in [2.05, 4.69) is 18.2 Å². The molecule has 0 aromatic heterocycles. The van der Waals surface area contributed by atoms with E-state index in [0.717, 1.165) is 25.7 Å². The van der Waals surface area contributed by atoms with Gasteiger partial charge in [-0.05, 0) is 32.6 Å². The van der Waals surface area contributed by atoms with Crippen LogP contribution in [0.3, 0.4) is 0 Å².